The summed E-state index contributed by atoms with van der Waals surface area (Å²) in [5.74, 6) is 0.554. The Morgan fingerprint density at radius 1 is 1.09 bits per heavy atom. The highest BCUT2D eigenvalue weighted by Crippen LogP contribution is 2.33. The van der Waals surface area contributed by atoms with Gasteiger partial charge in [0.1, 0.15) is 12.1 Å². The second-order valence-corrected chi connectivity index (χ2v) is 11.6. The fourth-order valence-electron chi connectivity index (χ4n) is 4.91. The molecular formula is C32H31F3N6O2S2. The van der Waals surface area contributed by atoms with E-state index in [-0.39, 0.29) is 11.7 Å². The van der Waals surface area contributed by atoms with Crippen molar-refractivity contribution >= 4 is 45.9 Å². The molecule has 0 unspecified atom stereocenters. The highest BCUT2D eigenvalue weighted by molar-refractivity contribution is 8.15. The molecule has 0 radical (unpaired) electrons. The fourth-order valence-corrected chi connectivity index (χ4v) is 6.01. The maximum absolute atomic E-state index is 12.7. The van der Waals surface area contributed by atoms with Crippen molar-refractivity contribution in [1.29, 1.82) is 0 Å². The molecule has 1 saturated heterocycles. The van der Waals surface area contributed by atoms with E-state index in [9.17, 15) is 18.0 Å². The maximum atomic E-state index is 12.7. The second kappa shape index (κ2) is 14.2. The standard InChI is InChI=1S/C32H31F3N6O2S2/c1-3-23-9-6-7-21(2)28(23)41-27(42)19-45-31(41)38-30(44)36-18-5-4-8-22-10-12-24(13-11-22)29-37-20-40(39-29)25-14-16-26(17-15-25)43-32(33,34)35/h6-7,9-17,20H,3-5,8,18-19H2,1-2H3,(H,36,44). The summed E-state index contributed by atoms with van der Waals surface area (Å²) in [6.45, 7) is 4.74. The van der Waals surface area contributed by atoms with E-state index < -0.39 is 6.36 Å². The number of anilines is 1. The molecule has 234 valence electrons. The zero-order valence-corrected chi connectivity index (χ0v) is 26.3. The molecule has 1 aliphatic heterocycles. The molecule has 1 fully saturated rings. The van der Waals surface area contributed by atoms with E-state index in [1.54, 1.807) is 4.90 Å². The first-order valence-electron chi connectivity index (χ1n) is 14.4. The largest absolute Gasteiger partial charge is 0.573 e. The van der Waals surface area contributed by atoms with Crippen molar-refractivity contribution in [2.24, 2.45) is 4.99 Å². The predicted octanol–water partition coefficient (Wildman–Crippen LogP) is 7.04. The number of thiocarbonyl (C=S) groups is 1. The van der Waals surface area contributed by atoms with Crippen molar-refractivity contribution in [3.8, 4) is 22.8 Å². The van der Waals surface area contributed by atoms with Gasteiger partial charge in [0.25, 0.3) is 0 Å². The van der Waals surface area contributed by atoms with Gasteiger partial charge in [0, 0.05) is 12.1 Å². The van der Waals surface area contributed by atoms with Crippen LogP contribution < -0.4 is 15.0 Å². The van der Waals surface area contributed by atoms with E-state index in [1.165, 1.54) is 52.6 Å². The predicted molar refractivity (Wildman–Crippen MR) is 175 cm³/mol. The number of rotatable bonds is 10. The summed E-state index contributed by atoms with van der Waals surface area (Å²) >= 11 is 6.88. The van der Waals surface area contributed by atoms with Crippen LogP contribution >= 0.6 is 24.0 Å². The minimum absolute atomic E-state index is 0.00819. The molecule has 1 aromatic heterocycles. The van der Waals surface area contributed by atoms with Gasteiger partial charge in [-0.3, -0.25) is 9.69 Å². The smallest absolute Gasteiger partial charge is 0.406 e. The van der Waals surface area contributed by atoms with Gasteiger partial charge < -0.3 is 10.1 Å². The minimum Gasteiger partial charge on any atom is -0.406 e. The SMILES string of the molecule is CCc1cccc(C)c1N1C(=O)CSC1=NC(=S)NCCCCc1ccc(-c2ncn(-c3ccc(OC(F)(F)F)cc3)n2)cc1. The molecule has 1 amide bonds. The minimum atomic E-state index is -4.74. The number of unbranched alkanes of at least 4 members (excludes halogenated alkanes) is 1. The third kappa shape index (κ3) is 8.28. The fraction of sp³-hybridized carbons (Fsp3) is 0.281. The van der Waals surface area contributed by atoms with Crippen molar-refractivity contribution in [2.45, 2.75) is 45.9 Å². The molecule has 13 heteroatoms. The Morgan fingerprint density at radius 3 is 2.56 bits per heavy atom. The van der Waals surface area contributed by atoms with Crippen molar-refractivity contribution in [3.05, 3.63) is 89.7 Å². The van der Waals surface area contributed by atoms with Gasteiger partial charge in [-0.05, 0) is 85.8 Å². The molecule has 0 atom stereocenters. The summed E-state index contributed by atoms with van der Waals surface area (Å²) in [5, 5.41) is 8.63. The molecule has 1 N–H and O–H groups in total. The van der Waals surface area contributed by atoms with Crippen LogP contribution in [0.3, 0.4) is 0 Å². The van der Waals surface area contributed by atoms with Crippen LogP contribution in [-0.4, -0.2) is 49.6 Å². The Morgan fingerprint density at radius 2 is 1.84 bits per heavy atom. The lowest BCUT2D eigenvalue weighted by atomic mass is 10.0. The summed E-state index contributed by atoms with van der Waals surface area (Å²) in [6, 6.07) is 19.4. The first-order chi connectivity index (χ1) is 21.6. The number of aryl methyl sites for hydroxylation is 3. The number of carbonyl (C=O) groups is 1. The number of halogens is 3. The number of aliphatic imine (C=N–C) groups is 1. The van der Waals surface area contributed by atoms with Crippen molar-refractivity contribution in [2.75, 3.05) is 17.2 Å². The Hall–Kier alpha value is -4.23. The number of benzene rings is 3. The summed E-state index contributed by atoms with van der Waals surface area (Å²) in [7, 11) is 0. The van der Waals surface area contributed by atoms with Gasteiger partial charge in [0.15, 0.2) is 16.1 Å². The van der Waals surface area contributed by atoms with Crippen LogP contribution in [0, 0.1) is 6.92 Å². The third-order valence-corrected chi connectivity index (χ3v) is 8.25. The van der Waals surface area contributed by atoms with Crippen LogP contribution in [0.15, 0.2) is 78.0 Å². The Balaban J connectivity index is 1.09. The number of hydrogen-bond acceptors (Lipinski definition) is 6. The number of ether oxygens (including phenoxy) is 1. The molecule has 8 nitrogen and oxygen atoms in total. The second-order valence-electron chi connectivity index (χ2n) is 10.3. The average Bonchev–Trinajstić information content (AvgIpc) is 3.64. The van der Waals surface area contributed by atoms with Gasteiger partial charge in [-0.1, -0.05) is 61.2 Å². The normalized spacial score (nSPS) is 14.3. The highest BCUT2D eigenvalue weighted by Gasteiger charge is 2.32. The Kier molecular flexibility index (Phi) is 10.2. The lowest BCUT2D eigenvalue weighted by molar-refractivity contribution is -0.274. The number of nitrogens with one attached hydrogen (secondary N) is 1. The van der Waals surface area contributed by atoms with Crippen molar-refractivity contribution < 1.29 is 22.7 Å². The van der Waals surface area contributed by atoms with Gasteiger partial charge in [0.05, 0.1) is 17.1 Å². The molecular weight excluding hydrogens is 622 g/mol. The van der Waals surface area contributed by atoms with Crippen LogP contribution in [0.2, 0.25) is 0 Å². The molecule has 1 aliphatic rings. The number of amidine groups is 1. The number of alkyl halides is 3. The first kappa shape index (κ1) is 32.2. The van der Waals surface area contributed by atoms with Crippen molar-refractivity contribution in [1.82, 2.24) is 20.1 Å². The van der Waals surface area contributed by atoms with E-state index in [1.807, 2.05) is 49.4 Å². The number of carbonyl (C=O) groups excluding carboxylic acids is 1. The number of nitrogens with zero attached hydrogens (tertiary/aromatic N) is 5. The van der Waals surface area contributed by atoms with Crippen LogP contribution in [-0.2, 0) is 17.6 Å². The summed E-state index contributed by atoms with van der Waals surface area (Å²) in [6.07, 6.45) is 0.291. The zero-order valence-electron chi connectivity index (χ0n) is 24.7. The van der Waals surface area contributed by atoms with Crippen LogP contribution in [0.1, 0.15) is 36.5 Å². The molecule has 3 aromatic carbocycles. The quantitative estimate of drug-likeness (QED) is 0.145. The number of thioether (sulfide) groups is 1. The first-order valence-corrected chi connectivity index (χ1v) is 15.8. The van der Waals surface area contributed by atoms with E-state index in [0.29, 0.717) is 34.1 Å². The Bertz CT molecular complexity index is 1690. The topological polar surface area (TPSA) is 84.6 Å². The third-order valence-electron chi connectivity index (χ3n) is 7.10. The van der Waals surface area contributed by atoms with Gasteiger partial charge >= 0.3 is 6.36 Å². The average molecular weight is 653 g/mol. The summed E-state index contributed by atoms with van der Waals surface area (Å²) < 4.78 is 42.6. The van der Waals surface area contributed by atoms with Gasteiger partial charge in [-0.15, -0.1) is 18.3 Å². The summed E-state index contributed by atoms with van der Waals surface area (Å²) in [4.78, 5) is 23.4. The molecule has 45 heavy (non-hydrogen) atoms. The lowest BCUT2D eigenvalue weighted by Crippen LogP contribution is -2.32. The lowest BCUT2D eigenvalue weighted by Gasteiger charge is -2.22. The number of hydrogen-bond donors (Lipinski definition) is 1. The highest BCUT2D eigenvalue weighted by atomic mass is 32.2. The molecule has 2 heterocycles. The van der Waals surface area contributed by atoms with Crippen LogP contribution in [0.4, 0.5) is 18.9 Å². The number of amides is 1. The van der Waals surface area contributed by atoms with Gasteiger partial charge in [-0.25, -0.2) is 9.67 Å². The van der Waals surface area contributed by atoms with Crippen molar-refractivity contribution in [3.63, 3.8) is 0 Å². The molecule has 0 spiro atoms. The number of para-hydroxylation sites is 1. The Labute approximate surface area is 268 Å². The molecule has 0 aliphatic carbocycles. The monoisotopic (exact) mass is 652 g/mol. The van der Waals surface area contributed by atoms with E-state index in [4.69, 9.17) is 12.2 Å². The van der Waals surface area contributed by atoms with E-state index >= 15 is 0 Å². The van der Waals surface area contributed by atoms with Gasteiger partial charge in [0.2, 0.25) is 5.91 Å². The molecule has 0 bridgehead atoms. The maximum Gasteiger partial charge on any atom is 0.573 e. The molecule has 5 rings (SSSR count). The molecule has 0 saturated carbocycles. The summed E-state index contributed by atoms with van der Waals surface area (Å²) in [5.41, 5.74) is 5.59. The number of aromatic nitrogens is 3. The molecule has 4 aromatic rings. The van der Waals surface area contributed by atoms with Crippen LogP contribution in [0.25, 0.3) is 17.1 Å². The zero-order chi connectivity index (χ0) is 32.0. The van der Waals surface area contributed by atoms with Gasteiger partial charge in [-0.2, -0.15) is 4.99 Å². The van der Waals surface area contributed by atoms with E-state index in [0.717, 1.165) is 48.1 Å². The van der Waals surface area contributed by atoms with E-state index in [2.05, 4.69) is 32.1 Å². The van der Waals surface area contributed by atoms with Crippen LogP contribution in [0.5, 0.6) is 5.75 Å².